The number of nitrogen functional groups attached to an aromatic ring is 1. The van der Waals surface area contributed by atoms with E-state index in [4.69, 9.17) is 15.2 Å². The average Bonchev–Trinajstić information content (AvgIpc) is 2.72. The van der Waals surface area contributed by atoms with Crippen LogP contribution < -0.4 is 15.2 Å². The second kappa shape index (κ2) is 5.91. The number of rotatable bonds is 2. The van der Waals surface area contributed by atoms with E-state index in [0.29, 0.717) is 41.5 Å². The molecular formula is C15H15BrN2O3. The number of halogens is 1. The van der Waals surface area contributed by atoms with Crippen molar-refractivity contribution in [2.24, 2.45) is 0 Å². The fourth-order valence-electron chi connectivity index (χ4n) is 2.23. The number of aliphatic hydroxyl groups excluding tert-OH is 1. The van der Waals surface area contributed by atoms with Gasteiger partial charge in [-0.25, -0.2) is 0 Å². The van der Waals surface area contributed by atoms with Gasteiger partial charge in [0.25, 0.3) is 0 Å². The van der Waals surface area contributed by atoms with Crippen LogP contribution in [0.4, 0.5) is 5.69 Å². The van der Waals surface area contributed by atoms with Gasteiger partial charge in [-0.05, 0) is 39.7 Å². The largest absolute Gasteiger partial charge is 0.490 e. The summed E-state index contributed by atoms with van der Waals surface area (Å²) in [6.07, 6.45) is 3.12. The third kappa shape index (κ3) is 2.82. The lowest BCUT2D eigenvalue weighted by atomic mass is 10.0. The first-order valence-electron chi connectivity index (χ1n) is 6.63. The van der Waals surface area contributed by atoms with Gasteiger partial charge in [-0.1, -0.05) is 0 Å². The first kappa shape index (κ1) is 14.2. The molecule has 1 aliphatic heterocycles. The third-order valence-corrected chi connectivity index (χ3v) is 3.91. The Labute approximate surface area is 130 Å². The zero-order chi connectivity index (χ0) is 14.8. The maximum atomic E-state index is 10.5. The smallest absolute Gasteiger partial charge is 0.175 e. The summed E-state index contributed by atoms with van der Waals surface area (Å²) < 4.78 is 12.1. The molecule has 0 fully saturated rings. The molecular weight excluding hydrogens is 336 g/mol. The van der Waals surface area contributed by atoms with Crippen molar-refractivity contribution < 1.29 is 14.6 Å². The van der Waals surface area contributed by atoms with E-state index in [1.165, 1.54) is 0 Å². The predicted octanol–water partition coefficient (Wildman–Crippen LogP) is 2.67. The lowest BCUT2D eigenvalue weighted by Gasteiger charge is -2.16. The normalized spacial score (nSPS) is 15.3. The molecule has 6 heteroatoms. The Kier molecular flexibility index (Phi) is 3.98. The van der Waals surface area contributed by atoms with Crippen LogP contribution in [0, 0.1) is 0 Å². The monoisotopic (exact) mass is 350 g/mol. The molecule has 21 heavy (non-hydrogen) atoms. The number of anilines is 1. The summed E-state index contributed by atoms with van der Waals surface area (Å²) in [7, 11) is 0. The molecule has 0 radical (unpaired) electrons. The summed E-state index contributed by atoms with van der Waals surface area (Å²) in [6.45, 7) is 1.21. The van der Waals surface area contributed by atoms with Gasteiger partial charge in [0.2, 0.25) is 0 Å². The molecule has 0 spiro atoms. The predicted molar refractivity (Wildman–Crippen MR) is 82.5 cm³/mol. The van der Waals surface area contributed by atoms with Crippen molar-refractivity contribution in [3.63, 3.8) is 0 Å². The van der Waals surface area contributed by atoms with Gasteiger partial charge in [0.1, 0.15) is 6.10 Å². The highest BCUT2D eigenvalue weighted by Crippen LogP contribution is 2.40. The number of benzene rings is 1. The van der Waals surface area contributed by atoms with Crippen molar-refractivity contribution in [1.82, 2.24) is 4.98 Å². The van der Waals surface area contributed by atoms with E-state index in [0.717, 1.165) is 10.9 Å². The van der Waals surface area contributed by atoms with Crippen molar-refractivity contribution in [1.29, 1.82) is 0 Å². The summed E-state index contributed by atoms with van der Waals surface area (Å²) >= 11 is 3.46. The molecule has 0 aliphatic carbocycles. The van der Waals surface area contributed by atoms with Crippen LogP contribution in [0.5, 0.6) is 11.5 Å². The van der Waals surface area contributed by atoms with Crippen molar-refractivity contribution >= 4 is 21.6 Å². The fourth-order valence-corrected chi connectivity index (χ4v) is 2.81. The van der Waals surface area contributed by atoms with Crippen molar-refractivity contribution in [3.05, 3.63) is 46.2 Å². The number of aromatic nitrogens is 1. The molecule has 3 rings (SSSR count). The number of pyridine rings is 1. The summed E-state index contributed by atoms with van der Waals surface area (Å²) in [5.74, 6) is 1.29. The SMILES string of the molecule is Nc1ccncc1C(O)c1cc(Br)c2c(c1)OCCCO2. The summed E-state index contributed by atoms with van der Waals surface area (Å²) in [5, 5.41) is 10.5. The molecule has 5 nitrogen and oxygen atoms in total. The van der Waals surface area contributed by atoms with E-state index in [-0.39, 0.29) is 0 Å². The molecule has 3 N–H and O–H groups in total. The Balaban J connectivity index is 2.01. The van der Waals surface area contributed by atoms with Crippen LogP contribution in [-0.2, 0) is 0 Å². The van der Waals surface area contributed by atoms with E-state index in [9.17, 15) is 5.11 Å². The molecule has 1 atom stereocenters. The molecule has 0 bridgehead atoms. The van der Waals surface area contributed by atoms with E-state index in [2.05, 4.69) is 20.9 Å². The topological polar surface area (TPSA) is 77.6 Å². The Morgan fingerprint density at radius 1 is 1.29 bits per heavy atom. The molecule has 2 aromatic rings. The van der Waals surface area contributed by atoms with Gasteiger partial charge in [0.15, 0.2) is 11.5 Å². The Hall–Kier alpha value is -1.79. The summed E-state index contributed by atoms with van der Waals surface area (Å²) in [5.41, 5.74) is 7.63. The molecule has 0 amide bonds. The second-order valence-electron chi connectivity index (χ2n) is 4.79. The zero-order valence-electron chi connectivity index (χ0n) is 11.3. The highest BCUT2D eigenvalue weighted by Gasteiger charge is 2.20. The van der Waals surface area contributed by atoms with Crippen LogP contribution in [0.25, 0.3) is 0 Å². The van der Waals surface area contributed by atoms with E-state index >= 15 is 0 Å². The number of ether oxygens (including phenoxy) is 2. The third-order valence-electron chi connectivity index (χ3n) is 3.32. The maximum absolute atomic E-state index is 10.5. The van der Waals surface area contributed by atoms with Gasteiger partial charge >= 0.3 is 0 Å². The number of nitrogens with zero attached hydrogens (tertiary/aromatic N) is 1. The van der Waals surface area contributed by atoms with Crippen LogP contribution in [0.2, 0.25) is 0 Å². The molecule has 0 saturated carbocycles. The molecule has 110 valence electrons. The minimum atomic E-state index is -0.868. The van der Waals surface area contributed by atoms with Crippen molar-refractivity contribution in [2.45, 2.75) is 12.5 Å². The standard InChI is InChI=1S/C15H15BrN2O3/c16-11-6-9(7-13-15(11)21-5-1-4-20-13)14(19)10-8-18-3-2-12(10)17/h2-3,6-8,14,19H,1,4-5H2,(H2,17,18). The van der Waals surface area contributed by atoms with Crippen molar-refractivity contribution in [2.75, 3.05) is 18.9 Å². The van der Waals surface area contributed by atoms with Gasteiger partial charge < -0.3 is 20.3 Å². The average molecular weight is 351 g/mol. The minimum absolute atomic E-state index is 0.501. The van der Waals surface area contributed by atoms with Gasteiger partial charge in [0, 0.05) is 30.1 Å². The first-order chi connectivity index (χ1) is 10.2. The highest BCUT2D eigenvalue weighted by atomic mass is 79.9. The zero-order valence-corrected chi connectivity index (χ0v) is 12.8. The van der Waals surface area contributed by atoms with Crippen LogP contribution >= 0.6 is 15.9 Å². The quantitative estimate of drug-likeness (QED) is 0.870. The van der Waals surface area contributed by atoms with Crippen LogP contribution in [0.1, 0.15) is 23.7 Å². The fraction of sp³-hybridized carbons (Fsp3) is 0.267. The Morgan fingerprint density at radius 2 is 2.10 bits per heavy atom. The van der Waals surface area contributed by atoms with E-state index in [1.807, 2.05) is 6.07 Å². The molecule has 1 aromatic carbocycles. The number of fused-ring (bicyclic) bond motifs is 1. The van der Waals surface area contributed by atoms with Crippen molar-refractivity contribution in [3.8, 4) is 11.5 Å². The number of hydrogen-bond acceptors (Lipinski definition) is 5. The number of aliphatic hydroxyl groups is 1. The number of hydrogen-bond donors (Lipinski definition) is 2. The van der Waals surface area contributed by atoms with Gasteiger partial charge in [-0.3, -0.25) is 4.98 Å². The molecule has 1 aromatic heterocycles. The van der Waals surface area contributed by atoms with Crippen LogP contribution in [0.15, 0.2) is 35.1 Å². The molecule has 0 saturated heterocycles. The van der Waals surface area contributed by atoms with Gasteiger partial charge in [0.05, 0.1) is 17.7 Å². The summed E-state index contributed by atoms with van der Waals surface area (Å²) in [6, 6.07) is 5.25. The second-order valence-corrected chi connectivity index (χ2v) is 5.64. The maximum Gasteiger partial charge on any atom is 0.175 e. The Bertz CT molecular complexity index is 663. The highest BCUT2D eigenvalue weighted by molar-refractivity contribution is 9.10. The van der Waals surface area contributed by atoms with Crippen LogP contribution in [-0.4, -0.2) is 23.3 Å². The molecule has 1 unspecified atom stereocenters. The minimum Gasteiger partial charge on any atom is -0.490 e. The first-order valence-corrected chi connectivity index (χ1v) is 7.42. The molecule has 1 aliphatic rings. The number of nitrogens with two attached hydrogens (primary N) is 1. The lowest BCUT2D eigenvalue weighted by Crippen LogP contribution is -2.05. The summed E-state index contributed by atoms with van der Waals surface area (Å²) in [4.78, 5) is 4.01. The van der Waals surface area contributed by atoms with Gasteiger partial charge in [-0.2, -0.15) is 0 Å². The Morgan fingerprint density at radius 3 is 2.90 bits per heavy atom. The van der Waals surface area contributed by atoms with E-state index in [1.54, 1.807) is 24.5 Å². The van der Waals surface area contributed by atoms with Crippen LogP contribution in [0.3, 0.4) is 0 Å². The molecule has 2 heterocycles. The van der Waals surface area contributed by atoms with Gasteiger partial charge in [-0.15, -0.1) is 0 Å². The van der Waals surface area contributed by atoms with E-state index < -0.39 is 6.10 Å². The lowest BCUT2D eigenvalue weighted by molar-refractivity contribution is 0.219.